The molecule has 0 fully saturated rings. The lowest BCUT2D eigenvalue weighted by atomic mass is 10.2. The normalized spacial score (nSPS) is 12.2. The number of rotatable bonds is 6. The molecule has 0 spiro atoms. The Balaban J connectivity index is 2.61. The van der Waals surface area contributed by atoms with Gasteiger partial charge in [0.1, 0.15) is 11.9 Å². The van der Waals surface area contributed by atoms with Crippen molar-refractivity contribution in [3.8, 4) is 0 Å². The van der Waals surface area contributed by atoms with Crippen molar-refractivity contribution in [2.75, 3.05) is 6.54 Å². The highest BCUT2D eigenvalue weighted by Crippen LogP contribution is 2.20. The first-order valence-electron chi connectivity index (χ1n) is 6.66. The zero-order valence-electron chi connectivity index (χ0n) is 12.0. The number of nitrogens with one attached hydrogen (secondary N) is 2. The minimum absolute atomic E-state index is 0.136. The van der Waals surface area contributed by atoms with Crippen LogP contribution >= 0.6 is 11.6 Å². The Labute approximate surface area is 128 Å². The molecule has 4 nitrogen and oxygen atoms in total. The van der Waals surface area contributed by atoms with Gasteiger partial charge in [-0.25, -0.2) is 4.39 Å². The van der Waals surface area contributed by atoms with Crippen LogP contribution in [-0.2, 0) is 9.59 Å². The van der Waals surface area contributed by atoms with Gasteiger partial charge in [0.25, 0.3) is 0 Å². The lowest BCUT2D eigenvalue weighted by Crippen LogP contribution is -2.44. The topological polar surface area (TPSA) is 58.2 Å². The average molecular weight is 313 g/mol. The number of hydrogen-bond donors (Lipinski definition) is 2. The van der Waals surface area contributed by atoms with Crippen LogP contribution in [0.1, 0.15) is 25.8 Å². The summed E-state index contributed by atoms with van der Waals surface area (Å²) in [6.07, 6.45) is 3.25. The molecule has 0 unspecified atom stereocenters. The van der Waals surface area contributed by atoms with Crippen molar-refractivity contribution in [1.82, 2.24) is 10.6 Å². The monoisotopic (exact) mass is 312 g/mol. The molecular weight excluding hydrogens is 295 g/mol. The summed E-state index contributed by atoms with van der Waals surface area (Å²) < 4.78 is 13.5. The van der Waals surface area contributed by atoms with E-state index in [4.69, 9.17) is 11.6 Å². The first-order chi connectivity index (χ1) is 9.95. The zero-order chi connectivity index (χ0) is 15.8. The van der Waals surface area contributed by atoms with E-state index in [1.807, 2.05) is 6.92 Å². The molecule has 1 atom stereocenters. The van der Waals surface area contributed by atoms with E-state index < -0.39 is 17.8 Å². The largest absolute Gasteiger partial charge is 0.354 e. The van der Waals surface area contributed by atoms with Crippen LogP contribution in [0.5, 0.6) is 0 Å². The van der Waals surface area contributed by atoms with Gasteiger partial charge in [0.15, 0.2) is 0 Å². The Kier molecular flexibility index (Phi) is 6.88. The molecule has 6 heteroatoms. The van der Waals surface area contributed by atoms with E-state index in [1.54, 1.807) is 6.92 Å². The smallest absolute Gasteiger partial charge is 0.244 e. The second-order valence-corrected chi connectivity index (χ2v) is 4.90. The van der Waals surface area contributed by atoms with Gasteiger partial charge in [-0.3, -0.25) is 9.59 Å². The van der Waals surface area contributed by atoms with E-state index in [9.17, 15) is 14.0 Å². The van der Waals surface area contributed by atoms with Crippen LogP contribution in [0.2, 0.25) is 5.02 Å². The lowest BCUT2D eigenvalue weighted by Gasteiger charge is -2.12. The van der Waals surface area contributed by atoms with Crippen LogP contribution < -0.4 is 10.6 Å². The number of amides is 2. The van der Waals surface area contributed by atoms with Crippen LogP contribution in [0.15, 0.2) is 24.3 Å². The number of carbonyl (C=O) groups excluding carboxylic acids is 2. The van der Waals surface area contributed by atoms with Gasteiger partial charge < -0.3 is 10.6 Å². The molecule has 0 aliphatic heterocycles. The summed E-state index contributed by atoms with van der Waals surface area (Å²) >= 11 is 5.84. The van der Waals surface area contributed by atoms with Gasteiger partial charge in [-0.1, -0.05) is 24.6 Å². The molecule has 2 N–H and O–H groups in total. The lowest BCUT2D eigenvalue weighted by molar-refractivity contribution is -0.126. The molecular formula is C15H18ClFN2O2. The highest BCUT2D eigenvalue weighted by Gasteiger charge is 2.13. The number of benzene rings is 1. The molecule has 114 valence electrons. The maximum absolute atomic E-state index is 13.5. The summed E-state index contributed by atoms with van der Waals surface area (Å²) in [6, 6.07) is 3.60. The van der Waals surface area contributed by atoms with Gasteiger partial charge >= 0.3 is 0 Å². The number of carbonyl (C=O) groups is 2. The summed E-state index contributed by atoms with van der Waals surface area (Å²) in [6.45, 7) is 4.07. The second kappa shape index (κ2) is 8.42. The average Bonchev–Trinajstić information content (AvgIpc) is 2.44. The molecule has 1 aromatic carbocycles. The Morgan fingerprint density at radius 1 is 1.43 bits per heavy atom. The van der Waals surface area contributed by atoms with Crippen molar-refractivity contribution >= 4 is 29.5 Å². The summed E-state index contributed by atoms with van der Waals surface area (Å²) in [5.41, 5.74) is 0.136. The van der Waals surface area contributed by atoms with Gasteiger partial charge in [0, 0.05) is 18.2 Å². The third-order valence-corrected chi connectivity index (χ3v) is 3.03. The molecule has 0 saturated heterocycles. The molecule has 1 aromatic rings. The molecule has 0 aromatic heterocycles. The molecule has 0 radical (unpaired) electrons. The molecule has 0 bridgehead atoms. The third kappa shape index (κ3) is 5.55. The van der Waals surface area contributed by atoms with E-state index in [2.05, 4.69) is 10.6 Å². The van der Waals surface area contributed by atoms with Crippen LogP contribution in [0.4, 0.5) is 4.39 Å². The van der Waals surface area contributed by atoms with Gasteiger partial charge in [-0.2, -0.15) is 0 Å². The van der Waals surface area contributed by atoms with Crippen molar-refractivity contribution in [1.29, 1.82) is 0 Å². The van der Waals surface area contributed by atoms with Crippen LogP contribution in [-0.4, -0.2) is 24.4 Å². The molecule has 2 amide bonds. The van der Waals surface area contributed by atoms with Gasteiger partial charge in [0.2, 0.25) is 11.8 Å². The Morgan fingerprint density at radius 3 is 2.76 bits per heavy atom. The fraction of sp³-hybridized carbons (Fsp3) is 0.333. The van der Waals surface area contributed by atoms with Crippen molar-refractivity contribution in [2.24, 2.45) is 0 Å². The van der Waals surface area contributed by atoms with Gasteiger partial charge in [-0.15, -0.1) is 0 Å². The minimum Gasteiger partial charge on any atom is -0.354 e. The predicted molar refractivity (Wildman–Crippen MR) is 81.3 cm³/mol. The van der Waals surface area contributed by atoms with E-state index in [0.717, 1.165) is 12.5 Å². The quantitative estimate of drug-likeness (QED) is 0.793. The third-order valence-electron chi connectivity index (χ3n) is 2.70. The molecule has 1 rings (SSSR count). The van der Waals surface area contributed by atoms with Crippen LogP contribution in [0.3, 0.4) is 0 Å². The standard InChI is InChI=1S/C15H18ClFN2O2/c1-3-9-18-15(21)10(2)19-14(20)8-7-11-12(16)5-4-6-13(11)17/h4-8,10H,3,9H2,1-2H3,(H,18,21)(H,19,20)/b8-7+/t10-/m1/s1. The fourth-order valence-electron chi connectivity index (χ4n) is 1.56. The Hall–Kier alpha value is -1.88. The maximum atomic E-state index is 13.5. The van der Waals surface area contributed by atoms with Gasteiger partial charge in [0.05, 0.1) is 5.02 Å². The number of halogens is 2. The summed E-state index contributed by atoms with van der Waals surface area (Å²) in [5.74, 6) is -1.27. The zero-order valence-corrected chi connectivity index (χ0v) is 12.7. The highest BCUT2D eigenvalue weighted by molar-refractivity contribution is 6.32. The van der Waals surface area contributed by atoms with Crippen molar-refractivity contribution in [3.63, 3.8) is 0 Å². The van der Waals surface area contributed by atoms with Crippen LogP contribution in [0, 0.1) is 5.82 Å². The minimum atomic E-state index is -0.662. The van der Waals surface area contributed by atoms with E-state index in [1.165, 1.54) is 24.3 Å². The molecule has 0 aliphatic carbocycles. The van der Waals surface area contributed by atoms with Crippen LogP contribution in [0.25, 0.3) is 6.08 Å². The van der Waals surface area contributed by atoms with E-state index in [0.29, 0.717) is 6.54 Å². The highest BCUT2D eigenvalue weighted by atomic mass is 35.5. The van der Waals surface area contributed by atoms with Gasteiger partial charge in [-0.05, 0) is 31.6 Å². The van der Waals surface area contributed by atoms with E-state index >= 15 is 0 Å². The van der Waals surface area contributed by atoms with Crippen molar-refractivity contribution in [2.45, 2.75) is 26.3 Å². The summed E-state index contributed by atoms with van der Waals surface area (Å²) in [5, 5.41) is 5.38. The van der Waals surface area contributed by atoms with Crippen molar-refractivity contribution < 1.29 is 14.0 Å². The van der Waals surface area contributed by atoms with Crippen molar-refractivity contribution in [3.05, 3.63) is 40.7 Å². The van der Waals surface area contributed by atoms with E-state index in [-0.39, 0.29) is 16.5 Å². The Morgan fingerprint density at radius 2 is 2.14 bits per heavy atom. The number of hydrogen-bond acceptors (Lipinski definition) is 2. The SMILES string of the molecule is CCCNC(=O)[C@@H](C)NC(=O)/C=C/c1c(F)cccc1Cl. The fourth-order valence-corrected chi connectivity index (χ4v) is 1.78. The predicted octanol–water partition coefficient (Wildman–Crippen LogP) is 2.52. The molecule has 21 heavy (non-hydrogen) atoms. The first kappa shape index (κ1) is 17.2. The molecule has 0 saturated carbocycles. The first-order valence-corrected chi connectivity index (χ1v) is 7.03. The second-order valence-electron chi connectivity index (χ2n) is 4.49. The maximum Gasteiger partial charge on any atom is 0.244 e. The Bertz CT molecular complexity index is 526. The summed E-state index contributed by atoms with van der Waals surface area (Å²) in [7, 11) is 0. The molecule has 0 heterocycles. The summed E-state index contributed by atoms with van der Waals surface area (Å²) in [4.78, 5) is 23.3. The molecule has 0 aliphatic rings.